The average Bonchev–Trinajstić information content (AvgIpc) is 2.22. The van der Waals surface area contributed by atoms with E-state index in [0.29, 0.717) is 12.1 Å². The first kappa shape index (κ1) is 10.9. The number of likely N-dealkylation sites (tertiary alicyclic amines) is 1. The van der Waals surface area contributed by atoms with Gasteiger partial charge in [0.15, 0.2) is 0 Å². The molecule has 1 aromatic carbocycles. The normalized spacial score (nSPS) is 27.9. The molecule has 82 valence electrons. The van der Waals surface area contributed by atoms with Crippen molar-refractivity contribution in [2.24, 2.45) is 5.73 Å². The summed E-state index contributed by atoms with van der Waals surface area (Å²) in [4.78, 5) is 2.36. The van der Waals surface area contributed by atoms with Gasteiger partial charge in [0, 0.05) is 17.1 Å². The first-order chi connectivity index (χ1) is 7.16. The molecule has 2 rings (SSSR count). The van der Waals surface area contributed by atoms with Crippen LogP contribution in [0.3, 0.4) is 0 Å². The molecule has 1 aromatic rings. The van der Waals surface area contributed by atoms with E-state index in [1.54, 1.807) is 0 Å². The summed E-state index contributed by atoms with van der Waals surface area (Å²) in [6.45, 7) is 1.07. The Labute approximate surface area is 96.0 Å². The molecule has 1 fully saturated rings. The van der Waals surface area contributed by atoms with Crippen molar-refractivity contribution in [1.82, 2.24) is 4.90 Å². The van der Waals surface area contributed by atoms with Gasteiger partial charge < -0.3 is 5.73 Å². The van der Waals surface area contributed by atoms with E-state index < -0.39 is 0 Å². The van der Waals surface area contributed by atoms with Crippen LogP contribution in [0.15, 0.2) is 24.3 Å². The molecule has 0 aromatic heterocycles. The number of hydrogen-bond acceptors (Lipinski definition) is 2. The number of rotatable bonds is 1. The fourth-order valence-electron chi connectivity index (χ4n) is 2.21. The van der Waals surface area contributed by atoms with Crippen molar-refractivity contribution >= 4 is 11.6 Å². The molecule has 0 spiro atoms. The minimum atomic E-state index is 0.324. The summed E-state index contributed by atoms with van der Waals surface area (Å²) in [5.41, 5.74) is 7.28. The van der Waals surface area contributed by atoms with Gasteiger partial charge in [0.1, 0.15) is 0 Å². The molecule has 1 aliphatic rings. The SMILES string of the molecule is CN1CCC(N)CC1c1cccc(Cl)c1. The second-order valence-electron chi connectivity index (χ2n) is 4.34. The van der Waals surface area contributed by atoms with Gasteiger partial charge in [0.25, 0.3) is 0 Å². The molecule has 0 radical (unpaired) electrons. The Morgan fingerprint density at radius 2 is 2.27 bits per heavy atom. The van der Waals surface area contributed by atoms with Crippen LogP contribution in [0.25, 0.3) is 0 Å². The van der Waals surface area contributed by atoms with Crippen LogP contribution in [0.2, 0.25) is 5.02 Å². The largest absolute Gasteiger partial charge is 0.328 e. The third-order valence-corrected chi connectivity index (χ3v) is 3.38. The van der Waals surface area contributed by atoms with Crippen molar-refractivity contribution in [2.75, 3.05) is 13.6 Å². The molecule has 0 amide bonds. The van der Waals surface area contributed by atoms with E-state index in [1.807, 2.05) is 18.2 Å². The Hall–Kier alpha value is -0.570. The van der Waals surface area contributed by atoms with Crippen LogP contribution in [0.4, 0.5) is 0 Å². The predicted molar refractivity (Wildman–Crippen MR) is 64.0 cm³/mol. The second-order valence-corrected chi connectivity index (χ2v) is 4.77. The van der Waals surface area contributed by atoms with E-state index in [1.165, 1.54) is 5.56 Å². The van der Waals surface area contributed by atoms with Crippen molar-refractivity contribution < 1.29 is 0 Å². The Bertz CT molecular complexity index is 340. The molecule has 0 saturated carbocycles. The molecule has 0 bridgehead atoms. The van der Waals surface area contributed by atoms with Gasteiger partial charge in [0.05, 0.1) is 0 Å². The van der Waals surface area contributed by atoms with Gasteiger partial charge in [-0.1, -0.05) is 23.7 Å². The lowest BCUT2D eigenvalue weighted by Gasteiger charge is -2.36. The van der Waals surface area contributed by atoms with E-state index in [9.17, 15) is 0 Å². The van der Waals surface area contributed by atoms with Crippen LogP contribution in [0, 0.1) is 0 Å². The molecule has 2 nitrogen and oxygen atoms in total. The van der Waals surface area contributed by atoms with Crippen LogP contribution in [0.5, 0.6) is 0 Å². The molecule has 0 aliphatic carbocycles. The van der Waals surface area contributed by atoms with Crippen molar-refractivity contribution in [3.63, 3.8) is 0 Å². The Morgan fingerprint density at radius 3 is 3.00 bits per heavy atom. The zero-order valence-electron chi connectivity index (χ0n) is 8.99. The van der Waals surface area contributed by atoms with E-state index in [4.69, 9.17) is 17.3 Å². The van der Waals surface area contributed by atoms with Crippen LogP contribution in [0.1, 0.15) is 24.4 Å². The summed E-state index contributed by atoms with van der Waals surface area (Å²) in [5, 5.41) is 0.806. The zero-order valence-corrected chi connectivity index (χ0v) is 9.74. The Balaban J connectivity index is 2.21. The quantitative estimate of drug-likeness (QED) is 0.794. The monoisotopic (exact) mass is 224 g/mol. The molecule has 1 heterocycles. The minimum absolute atomic E-state index is 0.324. The van der Waals surface area contributed by atoms with Gasteiger partial charge in [-0.2, -0.15) is 0 Å². The maximum absolute atomic E-state index is 6.00. The van der Waals surface area contributed by atoms with Crippen molar-refractivity contribution in [3.8, 4) is 0 Å². The molecule has 2 N–H and O–H groups in total. The van der Waals surface area contributed by atoms with Crippen LogP contribution < -0.4 is 5.73 Å². The third-order valence-electron chi connectivity index (χ3n) is 3.14. The zero-order chi connectivity index (χ0) is 10.8. The van der Waals surface area contributed by atoms with E-state index >= 15 is 0 Å². The Kier molecular flexibility index (Phi) is 3.29. The third kappa shape index (κ3) is 2.51. The topological polar surface area (TPSA) is 29.3 Å². The molecule has 1 saturated heterocycles. The molecule has 1 aliphatic heterocycles. The van der Waals surface area contributed by atoms with E-state index in [-0.39, 0.29) is 0 Å². The van der Waals surface area contributed by atoms with Gasteiger partial charge in [-0.25, -0.2) is 0 Å². The number of piperidine rings is 1. The lowest BCUT2D eigenvalue weighted by molar-refractivity contribution is 0.171. The summed E-state index contributed by atoms with van der Waals surface area (Å²) in [6.07, 6.45) is 2.12. The standard InChI is InChI=1S/C12H17ClN2/c1-15-6-5-11(14)8-12(15)9-3-2-4-10(13)7-9/h2-4,7,11-12H,5-6,8,14H2,1H3. The maximum Gasteiger partial charge on any atom is 0.0409 e. The fourth-order valence-corrected chi connectivity index (χ4v) is 2.41. The fraction of sp³-hybridized carbons (Fsp3) is 0.500. The predicted octanol–water partition coefficient (Wildman–Crippen LogP) is 2.43. The van der Waals surface area contributed by atoms with Crippen LogP contribution in [-0.4, -0.2) is 24.5 Å². The first-order valence-electron chi connectivity index (χ1n) is 5.38. The molecule has 15 heavy (non-hydrogen) atoms. The summed E-state index contributed by atoms with van der Waals surface area (Å²) in [6, 6.07) is 8.84. The highest BCUT2D eigenvalue weighted by atomic mass is 35.5. The van der Waals surface area contributed by atoms with Crippen molar-refractivity contribution in [1.29, 1.82) is 0 Å². The molecule has 2 unspecified atom stereocenters. The van der Waals surface area contributed by atoms with Crippen molar-refractivity contribution in [2.45, 2.75) is 24.9 Å². The average molecular weight is 225 g/mol. The minimum Gasteiger partial charge on any atom is -0.328 e. The maximum atomic E-state index is 6.00. The second kappa shape index (κ2) is 4.52. The molecular weight excluding hydrogens is 208 g/mol. The van der Waals surface area contributed by atoms with Crippen LogP contribution in [-0.2, 0) is 0 Å². The molecular formula is C12H17ClN2. The summed E-state index contributed by atoms with van der Waals surface area (Å²) in [5.74, 6) is 0. The summed E-state index contributed by atoms with van der Waals surface area (Å²) >= 11 is 6.00. The number of benzene rings is 1. The summed E-state index contributed by atoms with van der Waals surface area (Å²) in [7, 11) is 2.15. The summed E-state index contributed by atoms with van der Waals surface area (Å²) < 4.78 is 0. The van der Waals surface area contributed by atoms with Gasteiger partial charge in [0.2, 0.25) is 0 Å². The lowest BCUT2D eigenvalue weighted by Crippen LogP contribution is -2.39. The first-order valence-corrected chi connectivity index (χ1v) is 5.76. The van der Waals surface area contributed by atoms with E-state index in [2.05, 4.69) is 18.0 Å². The number of nitrogens with zero attached hydrogens (tertiary/aromatic N) is 1. The highest BCUT2D eigenvalue weighted by molar-refractivity contribution is 6.30. The smallest absolute Gasteiger partial charge is 0.0409 e. The van der Waals surface area contributed by atoms with Crippen molar-refractivity contribution in [3.05, 3.63) is 34.9 Å². The van der Waals surface area contributed by atoms with Gasteiger partial charge in [-0.05, 0) is 44.1 Å². The molecule has 3 heteroatoms. The van der Waals surface area contributed by atoms with Gasteiger partial charge in [-0.3, -0.25) is 4.90 Å². The van der Waals surface area contributed by atoms with Gasteiger partial charge in [-0.15, -0.1) is 0 Å². The number of halogens is 1. The Morgan fingerprint density at radius 1 is 1.47 bits per heavy atom. The highest BCUT2D eigenvalue weighted by Crippen LogP contribution is 2.30. The van der Waals surface area contributed by atoms with E-state index in [0.717, 1.165) is 24.4 Å². The number of nitrogens with two attached hydrogens (primary N) is 1. The lowest BCUT2D eigenvalue weighted by atomic mass is 9.93. The highest BCUT2D eigenvalue weighted by Gasteiger charge is 2.24. The van der Waals surface area contributed by atoms with Crippen LogP contribution >= 0.6 is 11.6 Å². The number of hydrogen-bond donors (Lipinski definition) is 1. The molecule has 2 atom stereocenters. The van der Waals surface area contributed by atoms with Gasteiger partial charge >= 0.3 is 0 Å².